The lowest BCUT2D eigenvalue weighted by Gasteiger charge is -2.12. The van der Waals surface area contributed by atoms with Gasteiger partial charge >= 0.3 is 0 Å². The van der Waals surface area contributed by atoms with Crippen molar-refractivity contribution in [2.75, 3.05) is 33.4 Å². The maximum Gasteiger partial charge on any atom is 0.218 e. The van der Waals surface area contributed by atoms with Crippen LogP contribution in [0.3, 0.4) is 0 Å². The van der Waals surface area contributed by atoms with Crippen LogP contribution in [-0.4, -0.2) is 49.3 Å². The zero-order valence-corrected chi connectivity index (χ0v) is 19.2. The van der Waals surface area contributed by atoms with Gasteiger partial charge in [0.25, 0.3) is 0 Å². The van der Waals surface area contributed by atoms with Crippen molar-refractivity contribution in [2.24, 2.45) is 4.99 Å². The molecule has 2 N–H and O–H groups in total. The van der Waals surface area contributed by atoms with E-state index < -0.39 is 0 Å². The minimum absolute atomic E-state index is 0. The molecular formula is C19H27ClIN5O2. The molecule has 28 heavy (non-hydrogen) atoms. The summed E-state index contributed by atoms with van der Waals surface area (Å²) in [6, 6.07) is 7.60. The molecule has 9 heteroatoms. The van der Waals surface area contributed by atoms with Crippen molar-refractivity contribution in [1.82, 2.24) is 20.6 Å². The smallest absolute Gasteiger partial charge is 0.218 e. The first-order valence-electron chi connectivity index (χ1n) is 8.91. The first-order valence-corrected chi connectivity index (χ1v) is 9.29. The lowest BCUT2D eigenvalue weighted by Crippen LogP contribution is -2.38. The molecule has 0 aliphatic heterocycles. The van der Waals surface area contributed by atoms with Crippen molar-refractivity contribution in [3.05, 3.63) is 52.9 Å². The molecule has 2 aromatic rings. The number of aromatic nitrogens is 2. The summed E-state index contributed by atoms with van der Waals surface area (Å²) in [5.41, 5.74) is 2.04. The molecule has 154 valence electrons. The van der Waals surface area contributed by atoms with Gasteiger partial charge in [-0.05, 0) is 31.0 Å². The first-order chi connectivity index (χ1) is 13.2. The van der Waals surface area contributed by atoms with E-state index >= 15 is 0 Å². The highest BCUT2D eigenvalue weighted by molar-refractivity contribution is 14.0. The van der Waals surface area contributed by atoms with Crippen LogP contribution in [0, 0.1) is 0 Å². The Morgan fingerprint density at radius 1 is 1.18 bits per heavy atom. The van der Waals surface area contributed by atoms with E-state index in [4.69, 9.17) is 21.1 Å². The van der Waals surface area contributed by atoms with Gasteiger partial charge in [0.15, 0.2) is 5.96 Å². The molecule has 0 amide bonds. The first kappa shape index (κ1) is 24.4. The van der Waals surface area contributed by atoms with Crippen LogP contribution >= 0.6 is 35.6 Å². The molecule has 0 aromatic carbocycles. The van der Waals surface area contributed by atoms with Crippen molar-refractivity contribution < 1.29 is 9.47 Å². The van der Waals surface area contributed by atoms with Gasteiger partial charge in [0.1, 0.15) is 11.8 Å². The molecule has 0 unspecified atom stereocenters. The van der Waals surface area contributed by atoms with Crippen LogP contribution in [0.5, 0.6) is 5.88 Å². The molecule has 0 aliphatic carbocycles. The summed E-state index contributed by atoms with van der Waals surface area (Å²) in [4.78, 5) is 13.0. The van der Waals surface area contributed by atoms with Crippen LogP contribution in [0.2, 0.25) is 5.15 Å². The third-order valence-corrected chi connectivity index (χ3v) is 3.85. The fourth-order valence-electron chi connectivity index (χ4n) is 2.28. The van der Waals surface area contributed by atoms with Gasteiger partial charge in [-0.25, -0.2) is 15.0 Å². The third-order valence-electron chi connectivity index (χ3n) is 3.62. The number of aliphatic imine (C=N–C) groups is 1. The van der Waals surface area contributed by atoms with E-state index in [1.54, 1.807) is 25.6 Å². The molecule has 2 aromatic heterocycles. The highest BCUT2D eigenvalue weighted by atomic mass is 127. The van der Waals surface area contributed by atoms with Gasteiger partial charge in [-0.1, -0.05) is 23.7 Å². The van der Waals surface area contributed by atoms with Gasteiger partial charge in [-0.3, -0.25) is 0 Å². The summed E-state index contributed by atoms with van der Waals surface area (Å²) in [6.07, 6.45) is 4.32. The molecule has 0 atom stereocenters. The van der Waals surface area contributed by atoms with Gasteiger partial charge in [0, 0.05) is 38.2 Å². The Balaban J connectivity index is 0.00000392. The predicted molar refractivity (Wildman–Crippen MR) is 123 cm³/mol. The maximum absolute atomic E-state index is 5.81. The van der Waals surface area contributed by atoms with E-state index in [9.17, 15) is 0 Å². The van der Waals surface area contributed by atoms with Gasteiger partial charge in [-0.2, -0.15) is 0 Å². The molecule has 0 spiro atoms. The van der Waals surface area contributed by atoms with E-state index in [1.165, 1.54) is 0 Å². The van der Waals surface area contributed by atoms with Crippen LogP contribution in [0.25, 0.3) is 0 Å². The van der Waals surface area contributed by atoms with E-state index in [0.29, 0.717) is 30.8 Å². The highest BCUT2D eigenvalue weighted by Crippen LogP contribution is 2.15. The van der Waals surface area contributed by atoms with Crippen molar-refractivity contribution >= 4 is 41.5 Å². The predicted octanol–water partition coefficient (Wildman–Crippen LogP) is 3.07. The van der Waals surface area contributed by atoms with E-state index in [0.717, 1.165) is 36.6 Å². The average molecular weight is 520 g/mol. The Hall–Kier alpha value is -1.65. The molecule has 2 rings (SSSR count). The minimum Gasteiger partial charge on any atom is -0.475 e. The Bertz CT molecular complexity index is 716. The summed E-state index contributed by atoms with van der Waals surface area (Å²) in [5, 5.41) is 7.07. The van der Waals surface area contributed by atoms with Crippen LogP contribution < -0.4 is 15.4 Å². The fourth-order valence-corrected chi connectivity index (χ4v) is 2.39. The zero-order valence-electron chi connectivity index (χ0n) is 16.2. The molecule has 7 nitrogen and oxygen atoms in total. The molecule has 2 heterocycles. The van der Waals surface area contributed by atoms with Crippen LogP contribution in [0.15, 0.2) is 41.7 Å². The van der Waals surface area contributed by atoms with E-state index in [-0.39, 0.29) is 24.0 Å². The van der Waals surface area contributed by atoms with Gasteiger partial charge in [-0.15, -0.1) is 24.0 Å². The number of nitrogens with zero attached hydrogens (tertiary/aromatic N) is 3. The third kappa shape index (κ3) is 9.03. The number of nitrogens with one attached hydrogen (secondary N) is 2. The van der Waals surface area contributed by atoms with E-state index in [2.05, 4.69) is 25.6 Å². The molecular weight excluding hydrogens is 493 g/mol. The lowest BCUT2D eigenvalue weighted by atomic mass is 10.2. The van der Waals surface area contributed by atoms with Crippen molar-refractivity contribution in [3.63, 3.8) is 0 Å². The number of rotatable bonds is 10. The summed E-state index contributed by atoms with van der Waals surface area (Å²) < 4.78 is 10.7. The van der Waals surface area contributed by atoms with Crippen LogP contribution in [0.1, 0.15) is 18.1 Å². The molecule has 0 fully saturated rings. The fraction of sp³-hybridized carbons (Fsp3) is 0.421. The second-order valence-electron chi connectivity index (χ2n) is 5.67. The largest absolute Gasteiger partial charge is 0.475 e. The van der Waals surface area contributed by atoms with Gasteiger partial charge in [0.2, 0.25) is 5.88 Å². The number of pyridine rings is 2. The molecule has 0 saturated carbocycles. The quantitative estimate of drug-likeness (QED) is 0.165. The van der Waals surface area contributed by atoms with Crippen LogP contribution in [0.4, 0.5) is 0 Å². The van der Waals surface area contributed by atoms with Gasteiger partial charge < -0.3 is 20.1 Å². The molecule has 0 radical (unpaired) electrons. The SMILES string of the molecule is CCNC(=NCc1cccnc1OCCOC)NCCc1ccc(Cl)nc1.I. The molecule has 0 bridgehead atoms. The summed E-state index contributed by atoms with van der Waals surface area (Å²) in [5.74, 6) is 1.33. The summed E-state index contributed by atoms with van der Waals surface area (Å²) in [7, 11) is 1.64. The second kappa shape index (κ2) is 14.4. The average Bonchev–Trinajstić information content (AvgIpc) is 2.68. The molecule has 0 aliphatic rings. The Morgan fingerprint density at radius 3 is 2.75 bits per heavy atom. The van der Waals surface area contributed by atoms with Crippen molar-refractivity contribution in [1.29, 1.82) is 0 Å². The second-order valence-corrected chi connectivity index (χ2v) is 6.06. The van der Waals surface area contributed by atoms with E-state index in [1.807, 2.05) is 25.1 Å². The minimum atomic E-state index is 0. The maximum atomic E-state index is 5.81. The number of hydrogen-bond acceptors (Lipinski definition) is 5. The van der Waals surface area contributed by atoms with Gasteiger partial charge in [0.05, 0.1) is 13.2 Å². The zero-order chi connectivity index (χ0) is 19.3. The molecule has 0 saturated heterocycles. The number of methoxy groups -OCH3 is 1. The standard InChI is InChI=1S/C19H26ClN5O2.HI/c1-3-21-19(23-10-8-15-6-7-17(20)24-13-15)25-14-16-5-4-9-22-18(16)27-12-11-26-2;/h4-7,9,13H,3,8,10-12,14H2,1-2H3,(H2,21,23,25);1H. The normalized spacial score (nSPS) is 10.9. The van der Waals surface area contributed by atoms with Crippen LogP contribution in [-0.2, 0) is 17.7 Å². The lowest BCUT2D eigenvalue weighted by molar-refractivity contribution is 0.143. The Kier molecular flexibility index (Phi) is 12.5. The summed E-state index contributed by atoms with van der Waals surface area (Å²) >= 11 is 5.81. The van der Waals surface area contributed by atoms with Crippen molar-refractivity contribution in [2.45, 2.75) is 19.9 Å². The number of guanidine groups is 1. The number of hydrogen-bond donors (Lipinski definition) is 2. The monoisotopic (exact) mass is 519 g/mol. The number of halogens is 2. The number of ether oxygens (including phenoxy) is 2. The Morgan fingerprint density at radius 2 is 2.04 bits per heavy atom. The topological polar surface area (TPSA) is 80.7 Å². The Labute approximate surface area is 188 Å². The highest BCUT2D eigenvalue weighted by Gasteiger charge is 2.05. The summed E-state index contributed by atoms with van der Waals surface area (Å²) in [6.45, 7) is 4.98. The van der Waals surface area contributed by atoms with Crippen molar-refractivity contribution in [3.8, 4) is 5.88 Å².